The molecule has 2 aliphatic heterocycles. The maximum Gasteiger partial charge on any atom is 0.495 e. The fourth-order valence-electron chi connectivity index (χ4n) is 3.54. The van der Waals surface area contributed by atoms with Crippen molar-refractivity contribution in [3.63, 3.8) is 0 Å². The van der Waals surface area contributed by atoms with Crippen LogP contribution in [0.15, 0.2) is 16.6 Å². The first-order valence-corrected chi connectivity index (χ1v) is 11.0. The molecule has 0 N–H and O–H groups in total. The van der Waals surface area contributed by atoms with Crippen LogP contribution in [0.2, 0.25) is 0 Å². The van der Waals surface area contributed by atoms with Crippen LogP contribution in [0.25, 0.3) is 0 Å². The van der Waals surface area contributed by atoms with E-state index in [4.69, 9.17) is 18.6 Å². The highest BCUT2D eigenvalue weighted by Crippen LogP contribution is 2.38. The number of nitrogens with zero attached hydrogens (tertiary/aromatic N) is 1. The lowest BCUT2D eigenvalue weighted by Gasteiger charge is -2.32. The normalized spacial score (nSPS) is 24.6. The van der Waals surface area contributed by atoms with Gasteiger partial charge in [0.1, 0.15) is 0 Å². The fraction of sp³-hybridized carbons (Fsp3) is 0.714. The number of hydrogen-bond donors (Lipinski definition) is 0. The number of rotatable bonds is 4. The maximum absolute atomic E-state index is 6.38. The summed E-state index contributed by atoms with van der Waals surface area (Å²) < 4.78 is 26.5. The zero-order chi connectivity index (χ0) is 22.0. The van der Waals surface area contributed by atoms with Crippen LogP contribution in [0, 0.1) is 0 Å². The van der Waals surface area contributed by atoms with Gasteiger partial charge in [-0.05, 0) is 98.1 Å². The molecule has 0 saturated carbocycles. The Balaban J connectivity index is 2.10. The van der Waals surface area contributed by atoms with Gasteiger partial charge in [-0.2, -0.15) is 0 Å². The molecule has 0 radical (unpaired) electrons. The Hall–Kier alpha value is -0.370. The van der Waals surface area contributed by atoms with Crippen LogP contribution in [0.4, 0.5) is 0 Å². The number of hydrogen-bond acceptors (Lipinski definition) is 5. The Labute approximate surface area is 185 Å². The van der Waals surface area contributed by atoms with Crippen LogP contribution in [0.1, 0.15) is 61.0 Å². The van der Waals surface area contributed by atoms with Crippen molar-refractivity contribution in [2.24, 2.45) is 0 Å². The number of halogens is 1. The van der Waals surface area contributed by atoms with Gasteiger partial charge < -0.3 is 23.5 Å². The first kappa shape index (κ1) is 23.3. The second kappa shape index (κ2) is 7.35. The summed E-state index contributed by atoms with van der Waals surface area (Å²) >= 11 is 3.69. The lowest BCUT2D eigenvalue weighted by atomic mass is 9.67. The van der Waals surface area contributed by atoms with Gasteiger partial charge in [0.2, 0.25) is 0 Å². The summed E-state index contributed by atoms with van der Waals surface area (Å²) in [6.45, 7) is 17.3. The molecule has 1 aromatic rings. The molecular weight excluding hydrogens is 432 g/mol. The third-order valence-electron chi connectivity index (χ3n) is 6.77. The van der Waals surface area contributed by atoms with E-state index in [2.05, 4.69) is 102 Å². The highest BCUT2D eigenvalue weighted by Gasteiger charge is 2.55. The molecule has 0 unspecified atom stereocenters. The van der Waals surface area contributed by atoms with Gasteiger partial charge in [0.05, 0.1) is 22.4 Å². The predicted octanol–water partition coefficient (Wildman–Crippen LogP) is 3.11. The summed E-state index contributed by atoms with van der Waals surface area (Å²) in [5, 5.41) is 0. The van der Waals surface area contributed by atoms with Crippen molar-refractivity contribution < 1.29 is 18.6 Å². The Morgan fingerprint density at radius 1 is 0.724 bits per heavy atom. The second-order valence-electron chi connectivity index (χ2n) is 10.5. The standard InChI is InChI=1S/C21H34B2BrNO4/c1-18(2)19(3,4)27-22(26-18)16-11-14(24)12-17(15(16)13-25(9)10)23-28-20(5,6)21(7,8)29-23/h11-12H,13H2,1-10H3. The zero-order valence-electron chi connectivity index (χ0n) is 19.5. The lowest BCUT2D eigenvalue weighted by Crippen LogP contribution is -2.46. The van der Waals surface area contributed by atoms with Gasteiger partial charge in [0.25, 0.3) is 0 Å². The maximum atomic E-state index is 6.38. The highest BCUT2D eigenvalue weighted by atomic mass is 79.9. The van der Waals surface area contributed by atoms with E-state index in [9.17, 15) is 0 Å². The summed E-state index contributed by atoms with van der Waals surface area (Å²) in [4.78, 5) is 2.15. The van der Waals surface area contributed by atoms with Crippen LogP contribution in [-0.4, -0.2) is 55.6 Å². The van der Waals surface area contributed by atoms with E-state index < -0.39 is 36.6 Å². The van der Waals surface area contributed by atoms with Gasteiger partial charge in [-0.25, -0.2) is 0 Å². The molecule has 0 bridgehead atoms. The van der Waals surface area contributed by atoms with Gasteiger partial charge >= 0.3 is 14.2 Å². The third-order valence-corrected chi connectivity index (χ3v) is 7.23. The van der Waals surface area contributed by atoms with E-state index in [0.29, 0.717) is 0 Å². The first-order valence-electron chi connectivity index (χ1n) is 10.2. The molecule has 8 heteroatoms. The smallest absolute Gasteiger partial charge is 0.399 e. The average molecular weight is 466 g/mol. The minimum Gasteiger partial charge on any atom is -0.399 e. The SMILES string of the molecule is CN(C)Cc1c(B2OC(C)(C)C(C)(C)O2)cc(Br)cc1B1OC(C)(C)C(C)(C)O1. The molecular formula is C21H34B2BrNO4. The van der Waals surface area contributed by atoms with Crippen LogP contribution in [0.3, 0.4) is 0 Å². The summed E-state index contributed by atoms with van der Waals surface area (Å²) in [6, 6.07) is 4.19. The van der Waals surface area contributed by atoms with Crippen molar-refractivity contribution >= 4 is 41.1 Å². The minimum absolute atomic E-state index is 0.403. The fourth-order valence-corrected chi connectivity index (χ4v) is 4.03. The summed E-state index contributed by atoms with van der Waals surface area (Å²) in [5.74, 6) is 0. The summed E-state index contributed by atoms with van der Waals surface area (Å²) in [7, 11) is 3.22. The predicted molar refractivity (Wildman–Crippen MR) is 123 cm³/mol. The average Bonchev–Trinajstić information content (AvgIpc) is 2.87. The third kappa shape index (κ3) is 4.21. The molecule has 0 aliphatic carbocycles. The van der Waals surface area contributed by atoms with Gasteiger partial charge in [-0.3, -0.25) is 0 Å². The Kier molecular flexibility index (Phi) is 5.90. The van der Waals surface area contributed by atoms with Crippen molar-refractivity contribution in [3.05, 3.63) is 22.2 Å². The monoisotopic (exact) mass is 465 g/mol. The molecule has 2 aliphatic rings. The van der Waals surface area contributed by atoms with Gasteiger partial charge in [0, 0.05) is 11.0 Å². The van der Waals surface area contributed by atoms with Crippen molar-refractivity contribution in [1.82, 2.24) is 4.90 Å². The van der Waals surface area contributed by atoms with Crippen molar-refractivity contribution in [3.8, 4) is 0 Å². The molecule has 0 atom stereocenters. The molecule has 0 amide bonds. The molecule has 2 heterocycles. The van der Waals surface area contributed by atoms with E-state index in [1.807, 2.05) is 0 Å². The van der Waals surface area contributed by atoms with Crippen LogP contribution in [-0.2, 0) is 25.2 Å². The molecule has 2 saturated heterocycles. The van der Waals surface area contributed by atoms with E-state index >= 15 is 0 Å². The van der Waals surface area contributed by atoms with Crippen LogP contribution >= 0.6 is 15.9 Å². The zero-order valence-corrected chi connectivity index (χ0v) is 21.1. The van der Waals surface area contributed by atoms with Gasteiger partial charge in [0.15, 0.2) is 0 Å². The first-order chi connectivity index (χ1) is 13.1. The molecule has 0 spiro atoms. The number of benzene rings is 1. The summed E-state index contributed by atoms with van der Waals surface area (Å²) in [5.41, 5.74) is 1.53. The molecule has 0 aromatic heterocycles. The summed E-state index contributed by atoms with van der Waals surface area (Å²) in [6.07, 6.45) is 0. The molecule has 3 rings (SSSR count). The van der Waals surface area contributed by atoms with Gasteiger partial charge in [-0.15, -0.1) is 0 Å². The molecule has 29 heavy (non-hydrogen) atoms. The quantitative estimate of drug-likeness (QED) is 0.639. The topological polar surface area (TPSA) is 40.2 Å². The Morgan fingerprint density at radius 2 is 1.03 bits per heavy atom. The Morgan fingerprint density at radius 3 is 1.31 bits per heavy atom. The molecule has 2 fully saturated rings. The second-order valence-corrected chi connectivity index (χ2v) is 11.4. The van der Waals surface area contributed by atoms with Crippen LogP contribution < -0.4 is 10.9 Å². The van der Waals surface area contributed by atoms with E-state index in [0.717, 1.165) is 27.5 Å². The van der Waals surface area contributed by atoms with Gasteiger partial charge in [-0.1, -0.05) is 15.9 Å². The van der Waals surface area contributed by atoms with Crippen molar-refractivity contribution in [2.75, 3.05) is 14.1 Å². The minimum atomic E-state index is -0.450. The largest absolute Gasteiger partial charge is 0.495 e. The van der Waals surface area contributed by atoms with E-state index in [1.165, 1.54) is 0 Å². The molecule has 5 nitrogen and oxygen atoms in total. The van der Waals surface area contributed by atoms with Crippen molar-refractivity contribution in [2.45, 2.75) is 84.3 Å². The lowest BCUT2D eigenvalue weighted by molar-refractivity contribution is 0.00578. The van der Waals surface area contributed by atoms with E-state index in [-0.39, 0.29) is 0 Å². The van der Waals surface area contributed by atoms with Crippen LogP contribution in [0.5, 0.6) is 0 Å². The molecule has 160 valence electrons. The van der Waals surface area contributed by atoms with E-state index in [1.54, 1.807) is 0 Å². The van der Waals surface area contributed by atoms with Crippen molar-refractivity contribution in [1.29, 1.82) is 0 Å². The Bertz CT molecular complexity index is 706. The highest BCUT2D eigenvalue weighted by molar-refractivity contribution is 9.10. The molecule has 1 aromatic carbocycles.